The first-order chi connectivity index (χ1) is 31.5. The Kier molecular flexibility index (Phi) is 20.1. The summed E-state index contributed by atoms with van der Waals surface area (Å²) in [7, 11) is -0.0783. The molecule has 2 fully saturated rings. The normalized spacial score (nSPS) is 25.8. The highest BCUT2D eigenvalue weighted by Gasteiger charge is 2.57. The van der Waals surface area contributed by atoms with E-state index >= 15 is 0 Å². The number of carbonyl (C=O) groups excluding carboxylic acids is 4. The van der Waals surface area contributed by atoms with E-state index in [2.05, 4.69) is 19.6 Å². The number of aliphatic hydroxyl groups excluding tert-OH is 1. The summed E-state index contributed by atoms with van der Waals surface area (Å²) in [6, 6.07) is 26.9. The molecule has 0 aromatic heterocycles. The third-order valence-electron chi connectivity index (χ3n) is 10.6. The van der Waals surface area contributed by atoms with Gasteiger partial charge in [0.25, 0.3) is 0 Å². The number of methoxy groups -OCH3 is 1. The lowest BCUT2D eigenvalue weighted by atomic mass is 9.93. The molecule has 0 unspecified atom stereocenters. The first-order valence-electron chi connectivity index (χ1n) is 21.9. The summed E-state index contributed by atoms with van der Waals surface area (Å²) < 4.78 is 73.8. The Bertz CT molecular complexity index is 1960. The molecule has 11 atom stereocenters. The van der Waals surface area contributed by atoms with Crippen LogP contribution in [0.3, 0.4) is 0 Å². The van der Waals surface area contributed by atoms with E-state index < -0.39 is 106 Å². The van der Waals surface area contributed by atoms with Gasteiger partial charge in [-0.3, -0.25) is 19.2 Å². The van der Waals surface area contributed by atoms with Crippen molar-refractivity contribution in [1.82, 2.24) is 0 Å². The fraction of sp³-hybridized carbons (Fsp3) is 0.542. The van der Waals surface area contributed by atoms with E-state index in [-0.39, 0.29) is 33.0 Å². The van der Waals surface area contributed by atoms with Gasteiger partial charge in [0.1, 0.15) is 49.0 Å². The lowest BCUT2D eigenvalue weighted by Gasteiger charge is -2.49. The van der Waals surface area contributed by atoms with Gasteiger partial charge < -0.3 is 61.9 Å². The minimum Gasteiger partial charge on any atom is -0.497 e. The predicted octanol–water partition coefficient (Wildman–Crippen LogP) is 5.29. The zero-order valence-corrected chi connectivity index (χ0v) is 39.9. The first kappa shape index (κ1) is 52.2. The maximum absolute atomic E-state index is 12.9. The standard InChI is InChI=1S/C48H64O17Si/c1-30(49)57-29-39-42(60-31(2)50)45(61-32(3)51)46(62-33(4)52)48(63-39)65-44-41(38(58-26-35-17-13-10-14-18-35)28-55-25-34-15-11-9-12-16-34)64-47(56-23-24-66(6,7)8)40(53)43(44)59-27-36-19-21-37(54-5)22-20-36/h9-22,38-48,53H,23-29H2,1-8H3/t38-,39+,40-,41+,42+,43+,44+,45-,46+,47-,48-/m0/s1. The zero-order chi connectivity index (χ0) is 47.8. The van der Waals surface area contributed by atoms with Crippen molar-refractivity contribution in [3.8, 4) is 5.75 Å². The van der Waals surface area contributed by atoms with Gasteiger partial charge in [0.05, 0.1) is 33.5 Å². The Labute approximate surface area is 387 Å². The van der Waals surface area contributed by atoms with E-state index in [9.17, 15) is 24.3 Å². The molecular weight excluding hydrogens is 877 g/mol. The van der Waals surface area contributed by atoms with Gasteiger partial charge in [-0.1, -0.05) is 92.4 Å². The summed E-state index contributed by atoms with van der Waals surface area (Å²) in [5, 5.41) is 12.3. The summed E-state index contributed by atoms with van der Waals surface area (Å²) in [6.45, 7) is 11.1. The van der Waals surface area contributed by atoms with Crippen molar-refractivity contribution in [1.29, 1.82) is 0 Å². The number of hydrogen-bond donors (Lipinski definition) is 1. The third-order valence-corrected chi connectivity index (χ3v) is 12.3. The summed E-state index contributed by atoms with van der Waals surface area (Å²) in [5.41, 5.74) is 2.46. The Morgan fingerprint density at radius 3 is 1.79 bits per heavy atom. The highest BCUT2D eigenvalue weighted by molar-refractivity contribution is 6.76. The number of hydrogen-bond acceptors (Lipinski definition) is 17. The van der Waals surface area contributed by atoms with Gasteiger partial charge in [0, 0.05) is 42.4 Å². The molecule has 2 aliphatic rings. The number of carbonyl (C=O) groups is 4. The molecule has 3 aromatic rings. The largest absolute Gasteiger partial charge is 0.497 e. The second-order valence-electron chi connectivity index (χ2n) is 17.3. The predicted molar refractivity (Wildman–Crippen MR) is 238 cm³/mol. The van der Waals surface area contributed by atoms with Crippen LogP contribution in [0.5, 0.6) is 5.75 Å². The molecule has 0 radical (unpaired) electrons. The SMILES string of the molecule is COc1ccc(CO[C@@H]2[C@H](O)[C@@H](OCC[Si](C)(C)C)O[C@H]([C@H](COCc3ccccc3)OCc3ccccc3)[C@H]2O[C@@H]2O[C@H](COC(C)=O)[C@@H](OC(C)=O)[C@H](OC(C)=O)[C@H]2OC(C)=O)cc1. The quantitative estimate of drug-likeness (QED) is 0.0730. The molecule has 0 bridgehead atoms. The molecular formula is C48H64O17Si. The number of aliphatic hydroxyl groups is 1. The second kappa shape index (κ2) is 25.4. The monoisotopic (exact) mass is 940 g/mol. The molecule has 17 nitrogen and oxygen atoms in total. The van der Waals surface area contributed by atoms with E-state index in [0.29, 0.717) is 5.75 Å². The van der Waals surface area contributed by atoms with Crippen molar-refractivity contribution in [3.05, 3.63) is 102 Å². The van der Waals surface area contributed by atoms with Crippen LogP contribution < -0.4 is 4.74 Å². The highest BCUT2D eigenvalue weighted by atomic mass is 28.3. The average Bonchev–Trinajstić information content (AvgIpc) is 3.26. The van der Waals surface area contributed by atoms with Gasteiger partial charge in [0.2, 0.25) is 0 Å². The Morgan fingerprint density at radius 2 is 1.21 bits per heavy atom. The van der Waals surface area contributed by atoms with Crippen molar-refractivity contribution < 1.29 is 81.1 Å². The number of benzene rings is 3. The maximum atomic E-state index is 12.9. The number of ether oxygens (including phenoxy) is 12. The molecule has 0 amide bonds. The summed E-state index contributed by atoms with van der Waals surface area (Å²) in [4.78, 5) is 50.2. The number of rotatable bonds is 23. The Morgan fingerprint density at radius 1 is 0.636 bits per heavy atom. The van der Waals surface area contributed by atoms with Crippen LogP contribution in [-0.2, 0) is 91.1 Å². The minimum atomic E-state index is -1.68. The van der Waals surface area contributed by atoms with Crippen molar-refractivity contribution in [2.75, 3.05) is 26.9 Å². The second-order valence-corrected chi connectivity index (χ2v) is 22.9. The van der Waals surface area contributed by atoms with Crippen LogP contribution >= 0.6 is 0 Å². The lowest BCUT2D eigenvalue weighted by molar-refractivity contribution is -0.371. The zero-order valence-electron chi connectivity index (χ0n) is 38.9. The van der Waals surface area contributed by atoms with Crippen molar-refractivity contribution in [2.45, 2.75) is 141 Å². The lowest BCUT2D eigenvalue weighted by Crippen LogP contribution is -2.68. The van der Waals surface area contributed by atoms with Crippen LogP contribution in [0, 0.1) is 0 Å². The smallest absolute Gasteiger partial charge is 0.303 e. The Balaban J connectivity index is 1.63. The molecule has 0 spiro atoms. The summed E-state index contributed by atoms with van der Waals surface area (Å²) in [5.74, 6) is -2.50. The van der Waals surface area contributed by atoms with Gasteiger partial charge in [-0.25, -0.2) is 0 Å². The van der Waals surface area contributed by atoms with Crippen LogP contribution in [0.1, 0.15) is 44.4 Å². The van der Waals surface area contributed by atoms with Gasteiger partial charge in [-0.05, 0) is 34.9 Å². The molecule has 1 N–H and O–H groups in total. The molecule has 5 rings (SSSR count). The van der Waals surface area contributed by atoms with E-state index in [1.165, 1.54) is 6.92 Å². The average molecular weight is 941 g/mol. The van der Waals surface area contributed by atoms with Crippen molar-refractivity contribution >= 4 is 32.0 Å². The van der Waals surface area contributed by atoms with E-state index in [1.54, 1.807) is 19.2 Å². The fourth-order valence-corrected chi connectivity index (χ4v) is 8.10. The van der Waals surface area contributed by atoms with Crippen LogP contribution in [0.25, 0.3) is 0 Å². The first-order valence-corrected chi connectivity index (χ1v) is 25.6. The summed E-state index contributed by atoms with van der Waals surface area (Å²) >= 11 is 0. The minimum absolute atomic E-state index is 0.0431. The molecule has 0 saturated carbocycles. The molecule has 362 valence electrons. The van der Waals surface area contributed by atoms with Crippen LogP contribution in [0.4, 0.5) is 0 Å². The molecule has 2 heterocycles. The van der Waals surface area contributed by atoms with Gasteiger partial charge in [-0.15, -0.1) is 0 Å². The molecule has 18 heteroatoms. The molecule has 3 aromatic carbocycles. The van der Waals surface area contributed by atoms with Crippen molar-refractivity contribution in [2.24, 2.45) is 0 Å². The molecule has 2 aliphatic heterocycles. The van der Waals surface area contributed by atoms with Crippen LogP contribution in [0.2, 0.25) is 25.7 Å². The molecule has 66 heavy (non-hydrogen) atoms. The molecule has 2 saturated heterocycles. The van der Waals surface area contributed by atoms with Crippen LogP contribution in [0.15, 0.2) is 84.9 Å². The Hall–Kier alpha value is -4.76. The van der Waals surface area contributed by atoms with E-state index in [1.807, 2.05) is 72.8 Å². The fourth-order valence-electron chi connectivity index (χ4n) is 7.37. The highest BCUT2D eigenvalue weighted by Crippen LogP contribution is 2.37. The van der Waals surface area contributed by atoms with Crippen molar-refractivity contribution in [3.63, 3.8) is 0 Å². The van der Waals surface area contributed by atoms with Crippen LogP contribution in [-0.4, -0.2) is 132 Å². The third kappa shape index (κ3) is 16.2. The van der Waals surface area contributed by atoms with E-state index in [0.717, 1.165) is 43.5 Å². The van der Waals surface area contributed by atoms with Gasteiger partial charge in [-0.2, -0.15) is 0 Å². The molecule has 0 aliphatic carbocycles. The van der Waals surface area contributed by atoms with Gasteiger partial charge >= 0.3 is 23.9 Å². The van der Waals surface area contributed by atoms with Gasteiger partial charge in [0.15, 0.2) is 30.9 Å². The maximum Gasteiger partial charge on any atom is 0.303 e. The summed E-state index contributed by atoms with van der Waals surface area (Å²) in [6.07, 6.45) is -15.2. The number of esters is 4. The topological polar surface area (TPSA) is 199 Å². The van der Waals surface area contributed by atoms with E-state index in [4.69, 9.17) is 56.8 Å².